The number of carboxylic acid groups (broad SMARTS) is 2. The van der Waals surface area contributed by atoms with Gasteiger partial charge in [-0.25, -0.2) is 0 Å². The molecule has 0 aliphatic heterocycles. The highest BCUT2D eigenvalue weighted by Crippen LogP contribution is 1.85. The Balaban J connectivity index is -0.0000000817. The molecule has 5 heteroatoms. The van der Waals surface area contributed by atoms with Gasteiger partial charge in [0.05, 0.1) is 12.8 Å². The van der Waals surface area contributed by atoms with E-state index in [1.807, 2.05) is 0 Å². The first-order valence-electron chi connectivity index (χ1n) is 2.06. The van der Waals surface area contributed by atoms with Crippen LogP contribution in [0.15, 0.2) is 0 Å². The lowest BCUT2D eigenvalue weighted by Crippen LogP contribution is -2.00. The predicted molar refractivity (Wildman–Crippen MR) is 34.5 cm³/mol. The Morgan fingerprint density at radius 2 is 1.33 bits per heavy atom. The van der Waals surface area contributed by atoms with Gasteiger partial charge in [-0.05, 0) is 0 Å². The number of carbonyl (C=O) groups is 2. The van der Waals surface area contributed by atoms with Crippen molar-refractivity contribution in [1.29, 1.82) is 0 Å². The lowest BCUT2D eigenvalue weighted by atomic mass is 10.3. The normalized spacial score (nSPS) is 7.56. The van der Waals surface area contributed by atoms with Crippen molar-refractivity contribution in [3.63, 3.8) is 0 Å². The highest BCUT2D eigenvalue weighted by Gasteiger charge is 2.00. The van der Waals surface area contributed by atoms with Gasteiger partial charge >= 0.3 is 11.9 Å². The number of hydrogen-bond acceptors (Lipinski definition) is 2. The van der Waals surface area contributed by atoms with Gasteiger partial charge in [0, 0.05) is 25.9 Å². The molecular formula is C4H10MgO4. The van der Waals surface area contributed by atoms with Crippen molar-refractivity contribution in [2.45, 2.75) is 12.8 Å². The Bertz CT molecular complexity index is 105. The van der Waals surface area contributed by atoms with E-state index in [0.29, 0.717) is 0 Å². The molecule has 0 bridgehead atoms. The van der Waals surface area contributed by atoms with Crippen LogP contribution in [0.4, 0.5) is 0 Å². The highest BCUT2D eigenvalue weighted by atomic mass is 24.3. The second-order valence-corrected chi connectivity index (χ2v) is 1.29. The first-order chi connectivity index (χ1) is 3.63. The van der Waals surface area contributed by atoms with Crippen LogP contribution in [0.3, 0.4) is 0 Å². The maximum Gasteiger partial charge on any atom is 0.303 e. The first-order valence-corrected chi connectivity index (χ1v) is 2.06. The summed E-state index contributed by atoms with van der Waals surface area (Å²) in [4.78, 5) is 19.3. The summed E-state index contributed by atoms with van der Waals surface area (Å²) in [6.45, 7) is 0. The molecule has 2 radical (unpaired) electrons. The van der Waals surface area contributed by atoms with Crippen LogP contribution in [0.2, 0.25) is 0 Å². The molecule has 0 aromatic heterocycles. The predicted octanol–water partition coefficient (Wildman–Crippen LogP) is 0.0470. The zero-order valence-electron chi connectivity index (χ0n) is 4.83. The second-order valence-electron chi connectivity index (χ2n) is 1.29. The summed E-state index contributed by atoms with van der Waals surface area (Å²) in [5.41, 5.74) is 0. The summed E-state index contributed by atoms with van der Waals surface area (Å²) in [5.74, 6) is -2.15. The van der Waals surface area contributed by atoms with Gasteiger partial charge in [-0.1, -0.05) is 0 Å². The minimum absolute atomic E-state index is 0. The Labute approximate surface area is 71.0 Å². The SMILES string of the molecule is O=C(O)CCC(=O)O.[HH].[HH].[Mg]. The van der Waals surface area contributed by atoms with E-state index in [1.54, 1.807) is 0 Å². The number of rotatable bonds is 3. The maximum absolute atomic E-state index is 9.64. The van der Waals surface area contributed by atoms with Gasteiger partial charge in [0.1, 0.15) is 0 Å². The van der Waals surface area contributed by atoms with Crippen molar-refractivity contribution in [2.75, 3.05) is 0 Å². The third-order valence-corrected chi connectivity index (χ3v) is 0.553. The van der Waals surface area contributed by atoms with E-state index in [9.17, 15) is 9.59 Å². The standard InChI is InChI=1S/C4H6O4.Mg.2H2/c5-3(6)1-2-4(7)8;;;/h1-2H2,(H,5,6)(H,7,8);;2*1H. The third kappa shape index (κ3) is 11.3. The Morgan fingerprint density at radius 3 is 1.44 bits per heavy atom. The van der Waals surface area contributed by atoms with E-state index in [-0.39, 0.29) is 38.7 Å². The molecule has 0 fully saturated rings. The lowest BCUT2D eigenvalue weighted by molar-refractivity contribution is -0.143. The van der Waals surface area contributed by atoms with E-state index in [1.165, 1.54) is 0 Å². The first kappa shape index (κ1) is 11.5. The van der Waals surface area contributed by atoms with Crippen molar-refractivity contribution < 1.29 is 22.7 Å². The minimum atomic E-state index is -1.08. The van der Waals surface area contributed by atoms with Crippen LogP contribution in [0, 0.1) is 0 Å². The fourth-order valence-electron chi connectivity index (χ4n) is 0.214. The average molecular weight is 146 g/mol. The molecular weight excluding hydrogens is 136 g/mol. The van der Waals surface area contributed by atoms with Gasteiger partial charge in [-0.3, -0.25) is 9.59 Å². The van der Waals surface area contributed by atoms with Crippen LogP contribution in [0.1, 0.15) is 15.7 Å². The van der Waals surface area contributed by atoms with Crippen molar-refractivity contribution in [2.24, 2.45) is 0 Å². The Morgan fingerprint density at radius 1 is 1.11 bits per heavy atom. The lowest BCUT2D eigenvalue weighted by Gasteiger charge is -1.85. The quantitative estimate of drug-likeness (QED) is 0.552. The molecule has 0 aliphatic carbocycles. The van der Waals surface area contributed by atoms with Gasteiger partial charge in [-0.15, -0.1) is 0 Å². The molecule has 0 aromatic carbocycles. The average Bonchev–Trinajstić information content (AvgIpc) is 1.61. The van der Waals surface area contributed by atoms with E-state index in [0.717, 1.165) is 0 Å². The van der Waals surface area contributed by atoms with Crippen molar-refractivity contribution in [1.82, 2.24) is 0 Å². The molecule has 0 unspecified atom stereocenters. The molecule has 0 aliphatic rings. The Kier molecular flexibility index (Phi) is 7.45. The van der Waals surface area contributed by atoms with Crippen molar-refractivity contribution in [3.8, 4) is 0 Å². The summed E-state index contributed by atoms with van der Waals surface area (Å²) < 4.78 is 0. The zero-order chi connectivity index (χ0) is 6.57. The van der Waals surface area contributed by atoms with Gasteiger partial charge in [0.2, 0.25) is 0 Å². The highest BCUT2D eigenvalue weighted by molar-refractivity contribution is 5.75. The molecule has 0 amide bonds. The molecule has 0 spiro atoms. The monoisotopic (exact) mass is 146 g/mol. The molecule has 0 saturated heterocycles. The van der Waals surface area contributed by atoms with Crippen LogP contribution in [-0.4, -0.2) is 45.2 Å². The fourth-order valence-corrected chi connectivity index (χ4v) is 0.214. The molecule has 0 saturated carbocycles. The van der Waals surface area contributed by atoms with Gasteiger partial charge in [-0.2, -0.15) is 0 Å². The van der Waals surface area contributed by atoms with E-state index < -0.39 is 11.9 Å². The molecule has 4 nitrogen and oxygen atoms in total. The zero-order valence-corrected chi connectivity index (χ0v) is 6.25. The number of carboxylic acids is 2. The van der Waals surface area contributed by atoms with Crippen LogP contribution < -0.4 is 0 Å². The molecule has 0 heterocycles. The van der Waals surface area contributed by atoms with Crippen LogP contribution in [-0.2, 0) is 9.59 Å². The number of aliphatic carboxylic acids is 2. The van der Waals surface area contributed by atoms with Gasteiger partial charge in [0.15, 0.2) is 0 Å². The van der Waals surface area contributed by atoms with Gasteiger partial charge in [0.25, 0.3) is 0 Å². The summed E-state index contributed by atoms with van der Waals surface area (Å²) in [6.07, 6.45) is -0.593. The minimum Gasteiger partial charge on any atom is -0.481 e. The fraction of sp³-hybridized carbons (Fsp3) is 0.500. The second kappa shape index (κ2) is 5.84. The van der Waals surface area contributed by atoms with Gasteiger partial charge < -0.3 is 10.2 Å². The van der Waals surface area contributed by atoms with Crippen LogP contribution in [0.5, 0.6) is 0 Å². The summed E-state index contributed by atoms with van der Waals surface area (Å²) in [7, 11) is 0. The number of hydrogen-bond donors (Lipinski definition) is 2. The smallest absolute Gasteiger partial charge is 0.303 e. The van der Waals surface area contributed by atoms with Crippen molar-refractivity contribution in [3.05, 3.63) is 0 Å². The largest absolute Gasteiger partial charge is 0.481 e. The molecule has 0 aromatic rings. The summed E-state index contributed by atoms with van der Waals surface area (Å²) in [5, 5.41) is 15.8. The van der Waals surface area contributed by atoms with Crippen molar-refractivity contribution >= 4 is 35.0 Å². The topological polar surface area (TPSA) is 74.6 Å². The molecule has 52 valence electrons. The van der Waals surface area contributed by atoms with Crippen LogP contribution in [0.25, 0.3) is 0 Å². The molecule has 0 atom stereocenters. The molecule has 9 heavy (non-hydrogen) atoms. The Hall–Kier alpha value is -0.294. The van der Waals surface area contributed by atoms with Crippen LogP contribution >= 0.6 is 0 Å². The molecule has 0 rings (SSSR count). The van der Waals surface area contributed by atoms with E-state index in [4.69, 9.17) is 10.2 Å². The van der Waals surface area contributed by atoms with E-state index >= 15 is 0 Å². The molecule has 2 N–H and O–H groups in total. The maximum atomic E-state index is 9.64. The summed E-state index contributed by atoms with van der Waals surface area (Å²) in [6, 6.07) is 0. The summed E-state index contributed by atoms with van der Waals surface area (Å²) >= 11 is 0. The third-order valence-electron chi connectivity index (χ3n) is 0.553. The van der Waals surface area contributed by atoms with E-state index in [2.05, 4.69) is 0 Å².